The summed E-state index contributed by atoms with van der Waals surface area (Å²) in [6.07, 6.45) is 3.10. The maximum absolute atomic E-state index is 11.3. The van der Waals surface area contributed by atoms with Crippen molar-refractivity contribution in [2.45, 2.75) is 13.5 Å². The first-order valence-corrected chi connectivity index (χ1v) is 5.95. The quantitative estimate of drug-likeness (QED) is 0.704. The normalized spacial score (nSPS) is 11.6. The van der Waals surface area contributed by atoms with Crippen LogP contribution in [0.2, 0.25) is 0 Å². The number of nitrogens with two attached hydrogens (primary N) is 1. The molecule has 3 N–H and O–H groups in total. The Morgan fingerprint density at radius 3 is 2.86 bits per heavy atom. The SMILES string of the molecule is CCn1cc(NS(=O)(=O)CCN)cn1. The number of hydrogen-bond acceptors (Lipinski definition) is 4. The molecule has 1 heterocycles. The Morgan fingerprint density at radius 2 is 2.36 bits per heavy atom. The third-order valence-corrected chi connectivity index (χ3v) is 2.94. The van der Waals surface area contributed by atoms with Gasteiger partial charge in [0.15, 0.2) is 0 Å². The Balaban J connectivity index is 2.69. The lowest BCUT2D eigenvalue weighted by Gasteiger charge is -2.02. The van der Waals surface area contributed by atoms with E-state index in [2.05, 4.69) is 9.82 Å². The van der Waals surface area contributed by atoms with Crippen molar-refractivity contribution in [1.82, 2.24) is 9.78 Å². The fourth-order valence-electron chi connectivity index (χ4n) is 0.975. The highest BCUT2D eigenvalue weighted by molar-refractivity contribution is 7.92. The number of anilines is 1. The molecule has 0 atom stereocenters. The van der Waals surface area contributed by atoms with Crippen molar-refractivity contribution in [3.05, 3.63) is 12.4 Å². The molecule has 0 radical (unpaired) electrons. The Bertz CT molecular complexity index is 384. The molecule has 0 spiro atoms. The van der Waals surface area contributed by atoms with E-state index in [1.54, 1.807) is 10.9 Å². The van der Waals surface area contributed by atoms with Crippen molar-refractivity contribution in [1.29, 1.82) is 0 Å². The minimum atomic E-state index is -3.31. The third-order valence-electron chi connectivity index (χ3n) is 1.62. The van der Waals surface area contributed by atoms with Gasteiger partial charge in [-0.1, -0.05) is 0 Å². The highest BCUT2D eigenvalue weighted by Crippen LogP contribution is 2.07. The molecule has 1 aromatic heterocycles. The maximum Gasteiger partial charge on any atom is 0.234 e. The number of rotatable bonds is 5. The molecule has 0 aromatic carbocycles. The van der Waals surface area contributed by atoms with E-state index < -0.39 is 10.0 Å². The topological polar surface area (TPSA) is 90.0 Å². The van der Waals surface area contributed by atoms with Gasteiger partial charge in [-0.2, -0.15) is 5.10 Å². The van der Waals surface area contributed by atoms with Gasteiger partial charge >= 0.3 is 0 Å². The first-order valence-electron chi connectivity index (χ1n) is 4.30. The lowest BCUT2D eigenvalue weighted by Crippen LogP contribution is -2.22. The summed E-state index contributed by atoms with van der Waals surface area (Å²) in [7, 11) is -3.31. The van der Waals surface area contributed by atoms with Gasteiger partial charge in [-0.25, -0.2) is 8.42 Å². The highest BCUT2D eigenvalue weighted by atomic mass is 32.2. The van der Waals surface area contributed by atoms with Crippen LogP contribution in [0.1, 0.15) is 6.92 Å². The fourth-order valence-corrected chi connectivity index (χ4v) is 1.85. The molecule has 0 aliphatic rings. The van der Waals surface area contributed by atoms with E-state index in [4.69, 9.17) is 5.73 Å². The van der Waals surface area contributed by atoms with Crippen LogP contribution in [0.15, 0.2) is 12.4 Å². The number of nitrogens with zero attached hydrogens (tertiary/aromatic N) is 2. The summed E-state index contributed by atoms with van der Waals surface area (Å²) in [5.41, 5.74) is 5.63. The lowest BCUT2D eigenvalue weighted by atomic mass is 10.6. The summed E-state index contributed by atoms with van der Waals surface area (Å²) in [4.78, 5) is 0. The maximum atomic E-state index is 11.3. The second-order valence-corrected chi connectivity index (χ2v) is 4.64. The summed E-state index contributed by atoms with van der Waals surface area (Å²) >= 11 is 0. The van der Waals surface area contributed by atoms with Crippen molar-refractivity contribution >= 4 is 15.7 Å². The molecule has 7 heteroatoms. The van der Waals surface area contributed by atoms with Gasteiger partial charge in [-0.15, -0.1) is 0 Å². The summed E-state index contributed by atoms with van der Waals surface area (Å²) in [6, 6.07) is 0. The van der Waals surface area contributed by atoms with Crippen LogP contribution in [0.25, 0.3) is 0 Å². The molecule has 0 unspecified atom stereocenters. The van der Waals surface area contributed by atoms with Crippen molar-refractivity contribution in [3.8, 4) is 0 Å². The lowest BCUT2D eigenvalue weighted by molar-refractivity contribution is 0.601. The van der Waals surface area contributed by atoms with Crippen LogP contribution < -0.4 is 10.5 Å². The molecule has 0 aliphatic heterocycles. The Hall–Kier alpha value is -1.08. The van der Waals surface area contributed by atoms with E-state index in [1.807, 2.05) is 6.92 Å². The van der Waals surface area contributed by atoms with Crippen LogP contribution >= 0.6 is 0 Å². The summed E-state index contributed by atoms with van der Waals surface area (Å²) in [5.74, 6) is -0.0791. The van der Waals surface area contributed by atoms with Crippen LogP contribution in [0, 0.1) is 0 Å². The van der Waals surface area contributed by atoms with E-state index in [9.17, 15) is 8.42 Å². The number of aromatic nitrogens is 2. The predicted molar refractivity (Wildman–Crippen MR) is 54.4 cm³/mol. The average Bonchev–Trinajstić information content (AvgIpc) is 2.51. The zero-order valence-electron chi connectivity index (χ0n) is 7.97. The Morgan fingerprint density at radius 1 is 1.64 bits per heavy atom. The predicted octanol–water partition coefficient (Wildman–Crippen LogP) is -0.397. The van der Waals surface area contributed by atoms with Crippen molar-refractivity contribution in [3.63, 3.8) is 0 Å². The monoisotopic (exact) mass is 218 g/mol. The molecule has 0 bridgehead atoms. The summed E-state index contributed by atoms with van der Waals surface area (Å²) in [5, 5.41) is 3.94. The molecule has 6 nitrogen and oxygen atoms in total. The zero-order chi connectivity index (χ0) is 10.6. The summed E-state index contributed by atoms with van der Waals surface area (Å²) in [6.45, 7) is 2.74. The van der Waals surface area contributed by atoms with Gasteiger partial charge in [0.25, 0.3) is 0 Å². The van der Waals surface area contributed by atoms with E-state index in [1.165, 1.54) is 6.20 Å². The van der Waals surface area contributed by atoms with E-state index in [-0.39, 0.29) is 12.3 Å². The van der Waals surface area contributed by atoms with Crippen molar-refractivity contribution < 1.29 is 8.42 Å². The van der Waals surface area contributed by atoms with Gasteiger partial charge in [-0.05, 0) is 6.92 Å². The van der Waals surface area contributed by atoms with E-state index in [0.29, 0.717) is 12.2 Å². The molecule has 0 aliphatic carbocycles. The molecule has 0 saturated heterocycles. The molecule has 0 saturated carbocycles. The largest absolute Gasteiger partial charge is 0.329 e. The van der Waals surface area contributed by atoms with Gasteiger partial charge in [0, 0.05) is 19.3 Å². The molecule has 80 valence electrons. The van der Waals surface area contributed by atoms with Crippen LogP contribution in [-0.2, 0) is 16.6 Å². The molecular weight excluding hydrogens is 204 g/mol. The zero-order valence-corrected chi connectivity index (χ0v) is 8.79. The molecule has 14 heavy (non-hydrogen) atoms. The Labute approximate surface area is 83.1 Å². The molecule has 1 rings (SSSR count). The second-order valence-electron chi connectivity index (χ2n) is 2.79. The number of aryl methyl sites for hydroxylation is 1. The van der Waals surface area contributed by atoms with Gasteiger partial charge in [0.2, 0.25) is 10.0 Å². The number of nitrogens with one attached hydrogen (secondary N) is 1. The number of hydrogen-bond donors (Lipinski definition) is 2. The Kier molecular flexibility index (Phi) is 3.48. The van der Waals surface area contributed by atoms with Gasteiger partial charge < -0.3 is 5.73 Å². The first-order chi connectivity index (χ1) is 6.57. The molecule has 0 amide bonds. The smallest absolute Gasteiger partial charge is 0.234 e. The third kappa shape index (κ3) is 3.00. The van der Waals surface area contributed by atoms with Crippen molar-refractivity contribution in [2.75, 3.05) is 17.0 Å². The summed E-state index contributed by atoms with van der Waals surface area (Å²) < 4.78 is 26.6. The molecule has 1 aromatic rings. The molecule has 0 fully saturated rings. The van der Waals surface area contributed by atoms with Gasteiger partial charge in [-0.3, -0.25) is 9.40 Å². The highest BCUT2D eigenvalue weighted by Gasteiger charge is 2.09. The fraction of sp³-hybridized carbons (Fsp3) is 0.571. The van der Waals surface area contributed by atoms with Crippen LogP contribution in [0.4, 0.5) is 5.69 Å². The minimum Gasteiger partial charge on any atom is -0.329 e. The minimum absolute atomic E-state index is 0.0791. The van der Waals surface area contributed by atoms with Crippen molar-refractivity contribution in [2.24, 2.45) is 5.73 Å². The van der Waals surface area contributed by atoms with Crippen LogP contribution in [0.3, 0.4) is 0 Å². The standard InChI is InChI=1S/C7H14N4O2S/c1-2-11-6-7(5-9-11)10-14(12,13)4-3-8/h5-6,10H,2-4,8H2,1H3. The second kappa shape index (κ2) is 4.43. The van der Waals surface area contributed by atoms with E-state index in [0.717, 1.165) is 0 Å². The average molecular weight is 218 g/mol. The van der Waals surface area contributed by atoms with Gasteiger partial charge in [0.1, 0.15) is 0 Å². The van der Waals surface area contributed by atoms with Crippen LogP contribution in [-0.4, -0.2) is 30.5 Å². The first kappa shape index (κ1) is 11.0. The number of sulfonamides is 1. The van der Waals surface area contributed by atoms with Gasteiger partial charge in [0.05, 0.1) is 17.6 Å². The molecular formula is C7H14N4O2S. The van der Waals surface area contributed by atoms with Crippen LogP contribution in [0.5, 0.6) is 0 Å². The van der Waals surface area contributed by atoms with E-state index >= 15 is 0 Å².